The number of thioether (sulfide) groups is 1. The number of hydrogen-bond acceptors (Lipinski definition) is 6. The Morgan fingerprint density at radius 1 is 1.40 bits per heavy atom. The maximum atomic E-state index is 12.2. The second-order valence-corrected chi connectivity index (χ2v) is 5.73. The van der Waals surface area contributed by atoms with Gasteiger partial charge < -0.3 is 16.0 Å². The first-order valence-corrected chi connectivity index (χ1v) is 7.60. The summed E-state index contributed by atoms with van der Waals surface area (Å²) < 4.78 is 1.86. The average Bonchev–Trinajstić information content (AvgIpc) is 2.81. The molecule has 0 aliphatic rings. The molecule has 20 heavy (non-hydrogen) atoms. The molecule has 4 N–H and O–H groups in total. The molecule has 0 saturated carbocycles. The summed E-state index contributed by atoms with van der Waals surface area (Å²) in [6.45, 7) is 0.771. The van der Waals surface area contributed by atoms with E-state index in [1.165, 1.54) is 11.8 Å². The van der Waals surface area contributed by atoms with Crippen molar-refractivity contribution in [2.75, 3.05) is 18.8 Å². The number of rotatable bonds is 9. The molecule has 0 unspecified atom stereocenters. The third-order valence-electron chi connectivity index (χ3n) is 2.96. The van der Waals surface area contributed by atoms with Crippen molar-refractivity contribution in [2.24, 2.45) is 24.4 Å². The van der Waals surface area contributed by atoms with Gasteiger partial charge in [-0.05, 0) is 6.54 Å². The van der Waals surface area contributed by atoms with Gasteiger partial charge in [0.15, 0.2) is 5.12 Å². The van der Waals surface area contributed by atoms with Crippen LogP contribution in [0.15, 0.2) is 12.5 Å². The third kappa shape index (κ3) is 5.44. The Morgan fingerprint density at radius 2 is 2.15 bits per heavy atom. The molecule has 0 fully saturated rings. The maximum Gasteiger partial charge on any atom is 0.192 e. The van der Waals surface area contributed by atoms with E-state index in [4.69, 9.17) is 11.5 Å². The van der Waals surface area contributed by atoms with E-state index in [1.807, 2.05) is 11.6 Å². The minimum Gasteiger partial charge on any atom is -0.338 e. The number of Topliss-reactive ketones (excluding diaryl/α,β-unsaturated/α-hetero) is 1. The lowest BCUT2D eigenvalue weighted by atomic mass is 9.97. The summed E-state index contributed by atoms with van der Waals surface area (Å²) >= 11 is 1.20. The van der Waals surface area contributed by atoms with Gasteiger partial charge in [0.2, 0.25) is 0 Å². The quantitative estimate of drug-likeness (QED) is 0.670. The zero-order valence-electron chi connectivity index (χ0n) is 11.7. The highest BCUT2D eigenvalue weighted by molar-refractivity contribution is 8.13. The molecule has 1 rings (SSSR count). The highest BCUT2D eigenvalue weighted by Gasteiger charge is 2.23. The number of aromatic nitrogens is 2. The normalized spacial score (nSPS) is 12.3. The number of carbonyl (C=O) groups is 2. The third-order valence-corrected chi connectivity index (χ3v) is 4.02. The molecule has 0 aromatic carbocycles. The summed E-state index contributed by atoms with van der Waals surface area (Å²) in [6, 6.07) is 0. The Kier molecular flexibility index (Phi) is 7.50. The van der Waals surface area contributed by atoms with Crippen molar-refractivity contribution < 1.29 is 9.59 Å². The maximum absolute atomic E-state index is 12.2. The van der Waals surface area contributed by atoms with Crippen molar-refractivity contribution >= 4 is 22.7 Å². The van der Waals surface area contributed by atoms with Crippen LogP contribution in [-0.4, -0.2) is 39.3 Å². The van der Waals surface area contributed by atoms with Crippen LogP contribution >= 0.6 is 11.8 Å². The summed E-state index contributed by atoms with van der Waals surface area (Å²) in [5.41, 5.74) is 11.7. The van der Waals surface area contributed by atoms with E-state index in [1.54, 1.807) is 12.5 Å². The predicted molar refractivity (Wildman–Crippen MR) is 80.2 cm³/mol. The standard InChI is InChI=1S/C13H22N4O2S/c1-17-9-16-8-11(17)6-10(7-12(18)2-3-14)13(19)20-5-4-15/h8-10H,2-7,14-15H2,1H3/t10-/m1/s1. The minimum absolute atomic E-state index is 0.0158. The van der Waals surface area contributed by atoms with E-state index in [0.29, 0.717) is 31.7 Å². The summed E-state index contributed by atoms with van der Waals surface area (Å²) in [4.78, 5) is 28.0. The van der Waals surface area contributed by atoms with E-state index in [-0.39, 0.29) is 23.2 Å². The van der Waals surface area contributed by atoms with Gasteiger partial charge in [-0.25, -0.2) is 4.98 Å². The molecule has 1 aromatic rings. The van der Waals surface area contributed by atoms with Crippen molar-refractivity contribution in [1.82, 2.24) is 9.55 Å². The molecule has 0 bridgehead atoms. The lowest BCUT2D eigenvalue weighted by molar-refractivity contribution is -0.123. The number of carbonyl (C=O) groups excluding carboxylic acids is 2. The first kappa shape index (κ1) is 16.9. The number of hydrogen-bond donors (Lipinski definition) is 2. The van der Waals surface area contributed by atoms with E-state index in [2.05, 4.69) is 4.98 Å². The highest BCUT2D eigenvalue weighted by atomic mass is 32.2. The summed E-state index contributed by atoms with van der Waals surface area (Å²) in [7, 11) is 1.87. The van der Waals surface area contributed by atoms with Gasteiger partial charge in [-0.1, -0.05) is 11.8 Å². The number of aryl methyl sites for hydroxylation is 1. The Bertz CT molecular complexity index is 447. The molecule has 0 radical (unpaired) electrons. The molecule has 1 atom stereocenters. The Labute approximate surface area is 123 Å². The van der Waals surface area contributed by atoms with Gasteiger partial charge in [0, 0.05) is 56.4 Å². The lowest BCUT2D eigenvalue weighted by Crippen LogP contribution is -2.22. The molecule has 6 nitrogen and oxygen atoms in total. The SMILES string of the molecule is Cn1cncc1C[C@H](CC(=O)CCN)C(=O)SCCN. The van der Waals surface area contributed by atoms with Crippen LogP contribution in [0, 0.1) is 5.92 Å². The topological polar surface area (TPSA) is 104 Å². The van der Waals surface area contributed by atoms with E-state index in [9.17, 15) is 9.59 Å². The zero-order chi connectivity index (χ0) is 15.0. The van der Waals surface area contributed by atoms with E-state index < -0.39 is 0 Å². The molecule has 0 aliphatic carbocycles. The number of imidazole rings is 1. The second-order valence-electron chi connectivity index (χ2n) is 4.63. The van der Waals surface area contributed by atoms with Crippen molar-refractivity contribution in [3.63, 3.8) is 0 Å². The van der Waals surface area contributed by atoms with Gasteiger partial charge in [-0.2, -0.15) is 0 Å². The molecular formula is C13H22N4O2S. The van der Waals surface area contributed by atoms with Crippen LogP contribution in [0.5, 0.6) is 0 Å². The van der Waals surface area contributed by atoms with Gasteiger partial charge in [0.05, 0.1) is 6.33 Å². The molecule has 0 aliphatic heterocycles. The number of nitrogens with two attached hydrogens (primary N) is 2. The molecule has 1 heterocycles. The highest BCUT2D eigenvalue weighted by Crippen LogP contribution is 2.20. The van der Waals surface area contributed by atoms with Gasteiger partial charge in [0.1, 0.15) is 5.78 Å². The molecule has 112 valence electrons. The fourth-order valence-corrected chi connectivity index (χ4v) is 2.61. The smallest absolute Gasteiger partial charge is 0.192 e. The first-order chi connectivity index (χ1) is 9.58. The van der Waals surface area contributed by atoms with Crippen molar-refractivity contribution in [2.45, 2.75) is 19.3 Å². The fraction of sp³-hybridized carbons (Fsp3) is 0.615. The van der Waals surface area contributed by atoms with Crippen molar-refractivity contribution in [3.8, 4) is 0 Å². The van der Waals surface area contributed by atoms with Crippen LogP contribution in [0.25, 0.3) is 0 Å². The zero-order valence-corrected chi connectivity index (χ0v) is 12.6. The Morgan fingerprint density at radius 3 is 2.70 bits per heavy atom. The predicted octanol–water partition coefficient (Wildman–Crippen LogP) is 0.105. The van der Waals surface area contributed by atoms with Crippen LogP contribution in [-0.2, 0) is 23.1 Å². The van der Waals surface area contributed by atoms with Crippen LogP contribution in [0.4, 0.5) is 0 Å². The first-order valence-electron chi connectivity index (χ1n) is 6.62. The largest absolute Gasteiger partial charge is 0.338 e. The van der Waals surface area contributed by atoms with Gasteiger partial charge in [0.25, 0.3) is 0 Å². The summed E-state index contributed by atoms with van der Waals surface area (Å²) in [6.07, 6.45) is 4.48. The van der Waals surface area contributed by atoms with Crippen LogP contribution in [0.2, 0.25) is 0 Å². The van der Waals surface area contributed by atoms with Crippen LogP contribution in [0.3, 0.4) is 0 Å². The van der Waals surface area contributed by atoms with Crippen molar-refractivity contribution in [3.05, 3.63) is 18.2 Å². The minimum atomic E-state index is -0.332. The van der Waals surface area contributed by atoms with Gasteiger partial charge in [-0.3, -0.25) is 9.59 Å². The lowest BCUT2D eigenvalue weighted by Gasteiger charge is -2.14. The van der Waals surface area contributed by atoms with Crippen LogP contribution in [0.1, 0.15) is 18.5 Å². The molecule has 7 heteroatoms. The average molecular weight is 298 g/mol. The monoisotopic (exact) mass is 298 g/mol. The number of nitrogens with zero attached hydrogens (tertiary/aromatic N) is 2. The Balaban J connectivity index is 2.70. The molecular weight excluding hydrogens is 276 g/mol. The molecule has 0 saturated heterocycles. The summed E-state index contributed by atoms with van der Waals surface area (Å²) in [5.74, 6) is 0.272. The molecule has 0 amide bonds. The van der Waals surface area contributed by atoms with Crippen molar-refractivity contribution in [1.29, 1.82) is 0 Å². The fourth-order valence-electron chi connectivity index (χ4n) is 1.89. The summed E-state index contributed by atoms with van der Waals surface area (Å²) in [5, 5.41) is 0.0158. The molecule has 0 spiro atoms. The van der Waals surface area contributed by atoms with E-state index >= 15 is 0 Å². The number of ketones is 1. The van der Waals surface area contributed by atoms with Gasteiger partial charge >= 0.3 is 0 Å². The van der Waals surface area contributed by atoms with Crippen LogP contribution < -0.4 is 11.5 Å². The second kappa shape index (κ2) is 8.89. The van der Waals surface area contributed by atoms with Gasteiger partial charge in [-0.15, -0.1) is 0 Å². The Hall–Kier alpha value is -1.18. The van der Waals surface area contributed by atoms with E-state index in [0.717, 1.165) is 5.69 Å². The molecule has 1 aromatic heterocycles.